The highest BCUT2D eigenvalue weighted by Crippen LogP contribution is 2.21. The van der Waals surface area contributed by atoms with Gasteiger partial charge in [0.05, 0.1) is 18.5 Å². The molecule has 2 aromatic carbocycles. The molecule has 2 aromatic heterocycles. The minimum atomic E-state index is -0.349. The number of aryl methyl sites for hydroxylation is 1. The van der Waals surface area contributed by atoms with E-state index in [1.165, 1.54) is 17.1 Å². The number of ether oxygens (including phenoxy) is 1. The van der Waals surface area contributed by atoms with Crippen LogP contribution < -0.4 is 15.6 Å². The zero-order chi connectivity index (χ0) is 22.0. The van der Waals surface area contributed by atoms with Gasteiger partial charge >= 0.3 is 0 Å². The molecule has 0 spiro atoms. The molecule has 4 rings (SSSR count). The SMILES string of the molecule is CCOc1ccc(NC(=O)Cn2cnc3c(cnn3-c3cc(Cl)ccc3C)c2=O)cc1. The van der Waals surface area contributed by atoms with Crippen LogP contribution >= 0.6 is 11.6 Å². The Morgan fingerprint density at radius 2 is 1.97 bits per heavy atom. The average Bonchev–Trinajstić information content (AvgIpc) is 3.18. The molecule has 158 valence electrons. The Labute approximate surface area is 183 Å². The van der Waals surface area contributed by atoms with Gasteiger partial charge in [0.15, 0.2) is 5.65 Å². The first kappa shape index (κ1) is 20.6. The molecular formula is C22H20ClN5O3. The van der Waals surface area contributed by atoms with Gasteiger partial charge in [-0.25, -0.2) is 9.67 Å². The van der Waals surface area contributed by atoms with Gasteiger partial charge in [0.2, 0.25) is 5.91 Å². The minimum absolute atomic E-state index is 0.170. The third-order valence-electron chi connectivity index (χ3n) is 4.72. The summed E-state index contributed by atoms with van der Waals surface area (Å²) in [4.78, 5) is 29.7. The van der Waals surface area contributed by atoms with E-state index in [1.807, 2.05) is 19.9 Å². The third-order valence-corrected chi connectivity index (χ3v) is 4.95. The Kier molecular flexibility index (Phi) is 5.73. The molecule has 0 atom stereocenters. The summed E-state index contributed by atoms with van der Waals surface area (Å²) in [6, 6.07) is 12.4. The minimum Gasteiger partial charge on any atom is -0.494 e. The van der Waals surface area contributed by atoms with Crippen molar-refractivity contribution in [3.63, 3.8) is 0 Å². The monoisotopic (exact) mass is 437 g/mol. The van der Waals surface area contributed by atoms with Crippen molar-refractivity contribution in [2.45, 2.75) is 20.4 Å². The van der Waals surface area contributed by atoms with E-state index >= 15 is 0 Å². The molecule has 0 bridgehead atoms. The molecule has 0 fully saturated rings. The van der Waals surface area contributed by atoms with Crippen LogP contribution in [0.3, 0.4) is 0 Å². The number of halogens is 1. The van der Waals surface area contributed by atoms with Gasteiger partial charge in [-0.2, -0.15) is 5.10 Å². The highest BCUT2D eigenvalue weighted by molar-refractivity contribution is 6.30. The van der Waals surface area contributed by atoms with Crippen LogP contribution in [-0.4, -0.2) is 31.8 Å². The number of anilines is 1. The molecule has 0 radical (unpaired) electrons. The van der Waals surface area contributed by atoms with Gasteiger partial charge in [0, 0.05) is 10.7 Å². The molecule has 1 amide bonds. The van der Waals surface area contributed by atoms with Crippen LogP contribution in [0.15, 0.2) is 59.8 Å². The summed E-state index contributed by atoms with van der Waals surface area (Å²) in [7, 11) is 0. The van der Waals surface area contributed by atoms with Crippen LogP contribution in [0, 0.1) is 6.92 Å². The number of carbonyl (C=O) groups excluding carboxylic acids is 1. The summed E-state index contributed by atoms with van der Waals surface area (Å²) in [5.74, 6) is 0.379. The van der Waals surface area contributed by atoms with Crippen molar-refractivity contribution in [3.05, 3.63) is 75.9 Å². The van der Waals surface area contributed by atoms with Crippen LogP contribution in [-0.2, 0) is 11.3 Å². The summed E-state index contributed by atoms with van der Waals surface area (Å²) in [5.41, 5.74) is 2.34. The predicted molar refractivity (Wildman–Crippen MR) is 119 cm³/mol. The van der Waals surface area contributed by atoms with Crippen molar-refractivity contribution in [2.24, 2.45) is 0 Å². The molecule has 0 saturated carbocycles. The molecule has 0 aliphatic carbocycles. The molecule has 0 aliphatic heterocycles. The number of fused-ring (bicyclic) bond motifs is 1. The van der Waals surface area contributed by atoms with Gasteiger partial charge < -0.3 is 10.1 Å². The van der Waals surface area contributed by atoms with E-state index in [1.54, 1.807) is 41.1 Å². The molecule has 4 aromatic rings. The standard InChI is InChI=1S/C22H20ClN5O3/c1-3-31-17-8-6-16(7-9-17)26-20(29)12-27-13-24-21-18(22(27)30)11-25-28(21)19-10-15(23)5-4-14(19)2/h4-11,13H,3,12H2,1-2H3,(H,26,29). The van der Waals surface area contributed by atoms with Crippen molar-refractivity contribution in [1.29, 1.82) is 0 Å². The number of benzene rings is 2. The summed E-state index contributed by atoms with van der Waals surface area (Å²) in [6.45, 7) is 4.22. The normalized spacial score (nSPS) is 10.9. The van der Waals surface area contributed by atoms with E-state index in [4.69, 9.17) is 16.3 Å². The van der Waals surface area contributed by atoms with Gasteiger partial charge in [-0.15, -0.1) is 0 Å². The molecule has 31 heavy (non-hydrogen) atoms. The average molecular weight is 438 g/mol. The van der Waals surface area contributed by atoms with E-state index in [0.717, 1.165) is 17.0 Å². The topological polar surface area (TPSA) is 91.0 Å². The van der Waals surface area contributed by atoms with Crippen molar-refractivity contribution in [3.8, 4) is 11.4 Å². The molecule has 0 saturated heterocycles. The van der Waals surface area contributed by atoms with Gasteiger partial charge in [0.1, 0.15) is 24.0 Å². The fraction of sp³-hybridized carbons (Fsp3) is 0.182. The first-order valence-corrected chi connectivity index (χ1v) is 10.1. The second kappa shape index (κ2) is 8.61. The second-order valence-electron chi connectivity index (χ2n) is 6.91. The van der Waals surface area contributed by atoms with Crippen molar-refractivity contribution >= 4 is 34.2 Å². The summed E-state index contributed by atoms with van der Waals surface area (Å²) in [5, 5.41) is 7.95. The second-order valence-corrected chi connectivity index (χ2v) is 7.34. The maximum atomic E-state index is 12.9. The first-order valence-electron chi connectivity index (χ1n) is 9.68. The van der Waals surface area contributed by atoms with Gasteiger partial charge in [-0.1, -0.05) is 17.7 Å². The van der Waals surface area contributed by atoms with E-state index < -0.39 is 0 Å². The van der Waals surface area contributed by atoms with Gasteiger partial charge in [-0.3, -0.25) is 14.2 Å². The van der Waals surface area contributed by atoms with Gasteiger partial charge in [-0.05, 0) is 55.8 Å². The highest BCUT2D eigenvalue weighted by atomic mass is 35.5. The molecule has 9 heteroatoms. The molecule has 0 aliphatic rings. The molecule has 0 unspecified atom stereocenters. The Hall–Kier alpha value is -3.65. The number of aromatic nitrogens is 4. The Morgan fingerprint density at radius 3 is 2.71 bits per heavy atom. The summed E-state index contributed by atoms with van der Waals surface area (Å²) in [6.07, 6.45) is 2.80. The third kappa shape index (κ3) is 4.29. The number of hydrogen-bond donors (Lipinski definition) is 1. The fourth-order valence-corrected chi connectivity index (χ4v) is 3.37. The maximum Gasteiger partial charge on any atom is 0.264 e. The van der Waals surface area contributed by atoms with Crippen LogP contribution in [0.4, 0.5) is 5.69 Å². The number of rotatable bonds is 6. The maximum absolute atomic E-state index is 12.9. The zero-order valence-electron chi connectivity index (χ0n) is 17.0. The lowest BCUT2D eigenvalue weighted by Crippen LogP contribution is -2.27. The smallest absolute Gasteiger partial charge is 0.264 e. The molecule has 2 heterocycles. The Balaban J connectivity index is 1.56. The zero-order valence-corrected chi connectivity index (χ0v) is 17.8. The van der Waals surface area contributed by atoms with E-state index in [-0.39, 0.29) is 18.0 Å². The molecule has 1 N–H and O–H groups in total. The lowest BCUT2D eigenvalue weighted by atomic mass is 10.2. The van der Waals surface area contributed by atoms with E-state index in [0.29, 0.717) is 28.4 Å². The lowest BCUT2D eigenvalue weighted by molar-refractivity contribution is -0.116. The summed E-state index contributed by atoms with van der Waals surface area (Å²) >= 11 is 6.11. The lowest BCUT2D eigenvalue weighted by Gasteiger charge is -2.09. The van der Waals surface area contributed by atoms with Crippen molar-refractivity contribution < 1.29 is 9.53 Å². The van der Waals surface area contributed by atoms with E-state index in [2.05, 4.69) is 15.4 Å². The molecule has 8 nitrogen and oxygen atoms in total. The quantitative estimate of drug-likeness (QED) is 0.498. The number of hydrogen-bond acceptors (Lipinski definition) is 5. The highest BCUT2D eigenvalue weighted by Gasteiger charge is 2.15. The van der Waals surface area contributed by atoms with Crippen LogP contribution in [0.5, 0.6) is 5.75 Å². The van der Waals surface area contributed by atoms with Crippen LogP contribution in [0.25, 0.3) is 16.7 Å². The van der Waals surface area contributed by atoms with E-state index in [9.17, 15) is 9.59 Å². The van der Waals surface area contributed by atoms with Crippen LogP contribution in [0.1, 0.15) is 12.5 Å². The predicted octanol–water partition coefficient (Wildman–Crippen LogP) is 3.58. The first-order chi connectivity index (χ1) is 15.0. The van der Waals surface area contributed by atoms with Crippen LogP contribution in [0.2, 0.25) is 5.02 Å². The van der Waals surface area contributed by atoms with Gasteiger partial charge in [0.25, 0.3) is 5.56 Å². The fourth-order valence-electron chi connectivity index (χ4n) is 3.20. The number of nitrogens with one attached hydrogen (secondary N) is 1. The largest absolute Gasteiger partial charge is 0.494 e. The molecular weight excluding hydrogens is 418 g/mol. The number of nitrogens with zero attached hydrogens (tertiary/aromatic N) is 4. The summed E-state index contributed by atoms with van der Waals surface area (Å²) < 4.78 is 8.21. The van der Waals surface area contributed by atoms with Crippen molar-refractivity contribution in [2.75, 3.05) is 11.9 Å². The number of carbonyl (C=O) groups is 1. The Bertz CT molecular complexity index is 1310. The Morgan fingerprint density at radius 1 is 1.19 bits per heavy atom. The van der Waals surface area contributed by atoms with Crippen molar-refractivity contribution in [1.82, 2.24) is 19.3 Å². The number of amides is 1.